The fraction of sp³-hybridized carbons (Fsp3) is 0.538. The molecule has 0 aromatic carbocycles. The van der Waals surface area contributed by atoms with Gasteiger partial charge in [-0.3, -0.25) is 0 Å². The third-order valence-electron chi connectivity index (χ3n) is 4.13. The summed E-state index contributed by atoms with van der Waals surface area (Å²) < 4.78 is 10.5. The summed E-state index contributed by atoms with van der Waals surface area (Å²) in [6, 6.07) is 0.299. The monoisotopic (exact) mass is 262 g/mol. The molecule has 1 aliphatic carbocycles. The molecule has 3 N–H and O–H groups in total. The molecule has 1 fully saturated rings. The first-order chi connectivity index (χ1) is 9.24. The van der Waals surface area contributed by atoms with Crippen molar-refractivity contribution in [3.05, 3.63) is 11.8 Å². The predicted molar refractivity (Wildman–Crippen MR) is 71.6 cm³/mol. The first-order valence-corrected chi connectivity index (χ1v) is 6.42. The number of hydrogen-bond donors (Lipinski definition) is 2. The van der Waals surface area contributed by atoms with Crippen molar-refractivity contribution in [2.45, 2.75) is 24.7 Å². The van der Waals surface area contributed by atoms with E-state index in [0.717, 1.165) is 29.4 Å². The van der Waals surface area contributed by atoms with Crippen LogP contribution < -0.4 is 15.2 Å². The van der Waals surface area contributed by atoms with Crippen molar-refractivity contribution < 1.29 is 9.47 Å². The number of rotatable bonds is 4. The van der Waals surface area contributed by atoms with Crippen LogP contribution in [0.5, 0.6) is 11.9 Å². The van der Waals surface area contributed by atoms with E-state index in [1.54, 1.807) is 7.11 Å². The number of nitrogens with two attached hydrogens (primary N) is 1. The summed E-state index contributed by atoms with van der Waals surface area (Å²) in [7, 11) is 3.14. The van der Waals surface area contributed by atoms with Crippen LogP contribution in [0.3, 0.4) is 0 Å². The highest BCUT2D eigenvalue weighted by Crippen LogP contribution is 2.46. The molecule has 102 valence electrons. The standard InChI is InChI=1S/C13H18N4O2/c1-18-11-9-8(13(7-14)4-3-5-13)6-15-10(9)16-12(17-11)19-2/h6H,3-5,7,14H2,1-2H3,(H,15,16,17). The van der Waals surface area contributed by atoms with Crippen LogP contribution in [0.2, 0.25) is 0 Å². The van der Waals surface area contributed by atoms with Crippen LogP contribution in [0.25, 0.3) is 11.0 Å². The molecule has 2 aromatic rings. The van der Waals surface area contributed by atoms with Gasteiger partial charge in [0.1, 0.15) is 5.65 Å². The topological polar surface area (TPSA) is 86.0 Å². The van der Waals surface area contributed by atoms with E-state index in [2.05, 4.69) is 15.0 Å². The largest absolute Gasteiger partial charge is 0.480 e. The summed E-state index contributed by atoms with van der Waals surface area (Å²) in [6.45, 7) is 0.634. The third kappa shape index (κ3) is 1.67. The molecule has 0 amide bonds. The van der Waals surface area contributed by atoms with Gasteiger partial charge in [0, 0.05) is 18.2 Å². The number of fused-ring (bicyclic) bond motifs is 1. The van der Waals surface area contributed by atoms with Crippen LogP contribution >= 0.6 is 0 Å². The van der Waals surface area contributed by atoms with Crippen LogP contribution in [0, 0.1) is 0 Å². The minimum absolute atomic E-state index is 0.0451. The molecule has 0 bridgehead atoms. The van der Waals surface area contributed by atoms with Crippen molar-refractivity contribution in [1.82, 2.24) is 15.0 Å². The average molecular weight is 262 g/mol. The van der Waals surface area contributed by atoms with Crippen molar-refractivity contribution in [2.75, 3.05) is 20.8 Å². The lowest BCUT2D eigenvalue weighted by molar-refractivity contribution is 0.254. The Morgan fingerprint density at radius 2 is 2.11 bits per heavy atom. The normalized spacial score (nSPS) is 17.2. The molecule has 19 heavy (non-hydrogen) atoms. The molecule has 6 heteroatoms. The van der Waals surface area contributed by atoms with E-state index in [0.29, 0.717) is 18.4 Å². The number of aromatic nitrogens is 3. The molecule has 0 radical (unpaired) electrons. The zero-order chi connectivity index (χ0) is 13.5. The van der Waals surface area contributed by atoms with E-state index < -0.39 is 0 Å². The fourth-order valence-corrected chi connectivity index (χ4v) is 2.82. The Kier molecular flexibility index (Phi) is 2.82. The minimum atomic E-state index is 0.0451. The molecule has 2 heterocycles. The second-order valence-electron chi connectivity index (χ2n) is 4.98. The summed E-state index contributed by atoms with van der Waals surface area (Å²) in [5.41, 5.74) is 7.92. The summed E-state index contributed by atoms with van der Waals surface area (Å²) in [4.78, 5) is 11.8. The van der Waals surface area contributed by atoms with E-state index in [9.17, 15) is 0 Å². The maximum absolute atomic E-state index is 5.98. The second-order valence-corrected chi connectivity index (χ2v) is 4.98. The van der Waals surface area contributed by atoms with E-state index in [1.807, 2.05) is 6.20 Å². The predicted octanol–water partition coefficient (Wildman–Crippen LogP) is 1.36. The lowest BCUT2D eigenvalue weighted by atomic mass is 9.64. The van der Waals surface area contributed by atoms with Crippen molar-refractivity contribution >= 4 is 11.0 Å². The Bertz CT molecular complexity index is 598. The van der Waals surface area contributed by atoms with Gasteiger partial charge in [-0.1, -0.05) is 6.42 Å². The van der Waals surface area contributed by atoms with Crippen LogP contribution in [-0.2, 0) is 5.41 Å². The molecule has 0 aliphatic heterocycles. The Morgan fingerprint density at radius 3 is 2.63 bits per heavy atom. The number of aromatic amines is 1. The first-order valence-electron chi connectivity index (χ1n) is 6.42. The lowest BCUT2D eigenvalue weighted by Crippen LogP contribution is -2.41. The summed E-state index contributed by atoms with van der Waals surface area (Å²) in [6.07, 6.45) is 5.40. The van der Waals surface area contributed by atoms with Gasteiger partial charge >= 0.3 is 6.01 Å². The van der Waals surface area contributed by atoms with Gasteiger partial charge in [0.05, 0.1) is 19.6 Å². The smallest absolute Gasteiger partial charge is 0.321 e. The molecule has 6 nitrogen and oxygen atoms in total. The molecule has 0 atom stereocenters. The summed E-state index contributed by atoms with van der Waals surface area (Å²) in [5.74, 6) is 0.540. The molecule has 0 spiro atoms. The molecule has 1 aliphatic rings. The lowest BCUT2D eigenvalue weighted by Gasteiger charge is -2.41. The van der Waals surface area contributed by atoms with E-state index >= 15 is 0 Å². The minimum Gasteiger partial charge on any atom is -0.480 e. The van der Waals surface area contributed by atoms with Gasteiger partial charge in [-0.25, -0.2) is 0 Å². The van der Waals surface area contributed by atoms with Gasteiger partial charge in [-0.2, -0.15) is 9.97 Å². The molecule has 2 aromatic heterocycles. The van der Waals surface area contributed by atoms with E-state index in [1.165, 1.54) is 13.5 Å². The summed E-state index contributed by atoms with van der Waals surface area (Å²) in [5, 5.41) is 0.924. The van der Waals surface area contributed by atoms with E-state index in [-0.39, 0.29) is 5.41 Å². The van der Waals surface area contributed by atoms with Gasteiger partial charge < -0.3 is 20.2 Å². The number of hydrogen-bond acceptors (Lipinski definition) is 5. The van der Waals surface area contributed by atoms with Crippen molar-refractivity contribution in [2.24, 2.45) is 5.73 Å². The Hall–Kier alpha value is -1.82. The van der Waals surface area contributed by atoms with Gasteiger partial charge in [-0.15, -0.1) is 0 Å². The highest BCUT2D eigenvalue weighted by molar-refractivity contribution is 5.86. The van der Waals surface area contributed by atoms with Gasteiger partial charge in [-0.05, 0) is 18.4 Å². The number of methoxy groups -OCH3 is 2. The Morgan fingerprint density at radius 1 is 1.32 bits per heavy atom. The van der Waals surface area contributed by atoms with Crippen molar-refractivity contribution in [1.29, 1.82) is 0 Å². The Labute approximate surface area is 111 Å². The van der Waals surface area contributed by atoms with Crippen LogP contribution in [-0.4, -0.2) is 35.7 Å². The van der Waals surface area contributed by atoms with E-state index in [4.69, 9.17) is 15.2 Å². The number of nitrogens with one attached hydrogen (secondary N) is 1. The Balaban J connectivity index is 2.22. The highest BCUT2D eigenvalue weighted by atomic mass is 16.5. The third-order valence-corrected chi connectivity index (χ3v) is 4.13. The SMILES string of the molecule is COc1nc(OC)c2c(C3(CN)CCC3)c[nH]c2n1. The van der Waals surface area contributed by atoms with Crippen molar-refractivity contribution in [3.8, 4) is 11.9 Å². The number of nitrogens with zero attached hydrogens (tertiary/aromatic N) is 2. The van der Waals surface area contributed by atoms with Crippen LogP contribution in [0.1, 0.15) is 24.8 Å². The number of H-pyrrole nitrogens is 1. The average Bonchev–Trinajstić information content (AvgIpc) is 2.81. The molecule has 0 unspecified atom stereocenters. The van der Waals surface area contributed by atoms with Gasteiger partial charge in [0.25, 0.3) is 0 Å². The van der Waals surface area contributed by atoms with Crippen molar-refractivity contribution in [3.63, 3.8) is 0 Å². The molecular formula is C13H18N4O2. The van der Waals surface area contributed by atoms with Gasteiger partial charge in [0.15, 0.2) is 0 Å². The molecule has 0 saturated heterocycles. The summed E-state index contributed by atoms with van der Waals surface area (Å²) >= 11 is 0. The van der Waals surface area contributed by atoms with Gasteiger partial charge in [0.2, 0.25) is 5.88 Å². The fourth-order valence-electron chi connectivity index (χ4n) is 2.82. The quantitative estimate of drug-likeness (QED) is 0.868. The molecule has 1 saturated carbocycles. The number of ether oxygens (including phenoxy) is 2. The second kappa shape index (κ2) is 4.38. The van der Waals surface area contributed by atoms with Crippen LogP contribution in [0.15, 0.2) is 6.20 Å². The first kappa shape index (κ1) is 12.2. The zero-order valence-electron chi connectivity index (χ0n) is 11.2. The molecular weight excluding hydrogens is 244 g/mol. The van der Waals surface area contributed by atoms with Crippen LogP contribution in [0.4, 0.5) is 0 Å². The molecule has 3 rings (SSSR count). The maximum atomic E-state index is 5.98. The zero-order valence-corrected chi connectivity index (χ0v) is 11.2. The highest BCUT2D eigenvalue weighted by Gasteiger charge is 2.40. The maximum Gasteiger partial charge on any atom is 0.321 e.